The fourth-order valence-corrected chi connectivity index (χ4v) is 3.34. The van der Waals surface area contributed by atoms with E-state index in [0.717, 1.165) is 37.5 Å². The molecule has 0 radical (unpaired) electrons. The van der Waals surface area contributed by atoms with E-state index in [1.807, 2.05) is 35.2 Å². The first-order valence-electron chi connectivity index (χ1n) is 7.67. The van der Waals surface area contributed by atoms with Gasteiger partial charge < -0.3 is 15.5 Å². The third-order valence-corrected chi connectivity index (χ3v) is 4.52. The van der Waals surface area contributed by atoms with Crippen molar-refractivity contribution in [3.8, 4) is 0 Å². The number of nitrogens with one attached hydrogen (secondary N) is 2. The average Bonchev–Trinajstić information content (AvgIpc) is 3.03. The molecule has 0 aliphatic carbocycles. The number of hydrogen-bond acceptors (Lipinski definition) is 2. The van der Waals surface area contributed by atoms with E-state index in [1.165, 1.54) is 19.4 Å². The Labute approximate surface area is 120 Å². The zero-order chi connectivity index (χ0) is 13.8. The van der Waals surface area contributed by atoms with Gasteiger partial charge in [0.25, 0.3) is 0 Å². The molecule has 2 saturated heterocycles. The predicted molar refractivity (Wildman–Crippen MR) is 80.8 cm³/mol. The minimum atomic E-state index is 0.0361. The molecule has 2 aliphatic rings. The van der Waals surface area contributed by atoms with E-state index >= 15 is 0 Å². The molecule has 2 heterocycles. The van der Waals surface area contributed by atoms with Crippen LogP contribution in [-0.4, -0.2) is 36.6 Å². The minimum absolute atomic E-state index is 0.0361. The quantitative estimate of drug-likeness (QED) is 0.870. The van der Waals surface area contributed by atoms with Crippen molar-refractivity contribution in [2.24, 2.45) is 5.92 Å². The average molecular weight is 273 g/mol. The van der Waals surface area contributed by atoms with Crippen molar-refractivity contribution in [1.82, 2.24) is 10.2 Å². The van der Waals surface area contributed by atoms with Gasteiger partial charge >= 0.3 is 6.03 Å². The molecule has 2 amide bonds. The third-order valence-electron chi connectivity index (χ3n) is 4.52. The standard InChI is InChI=1S/C16H23N3O/c20-16(18-14-5-2-1-3-6-14)19-11-8-13(9-12-19)15-7-4-10-17-15/h1-3,5-6,13,15,17H,4,7-12H2,(H,18,20). The summed E-state index contributed by atoms with van der Waals surface area (Å²) in [6, 6.07) is 10.4. The van der Waals surface area contributed by atoms with Crippen LogP contribution in [0.5, 0.6) is 0 Å². The van der Waals surface area contributed by atoms with Gasteiger partial charge in [-0.05, 0) is 50.3 Å². The predicted octanol–water partition coefficient (Wildman–Crippen LogP) is 2.68. The molecule has 0 spiro atoms. The van der Waals surface area contributed by atoms with Gasteiger partial charge in [-0.2, -0.15) is 0 Å². The fraction of sp³-hybridized carbons (Fsp3) is 0.562. The van der Waals surface area contributed by atoms with Crippen LogP contribution in [0.15, 0.2) is 30.3 Å². The SMILES string of the molecule is O=C(Nc1ccccc1)N1CCC(C2CCCN2)CC1. The van der Waals surface area contributed by atoms with Gasteiger partial charge in [-0.3, -0.25) is 0 Å². The highest BCUT2D eigenvalue weighted by Crippen LogP contribution is 2.25. The monoisotopic (exact) mass is 273 g/mol. The summed E-state index contributed by atoms with van der Waals surface area (Å²) in [5.74, 6) is 0.748. The molecule has 108 valence electrons. The number of anilines is 1. The van der Waals surface area contributed by atoms with Crippen molar-refractivity contribution in [1.29, 1.82) is 0 Å². The van der Waals surface area contributed by atoms with Gasteiger partial charge in [0.1, 0.15) is 0 Å². The summed E-state index contributed by atoms with van der Waals surface area (Å²) in [7, 11) is 0. The van der Waals surface area contributed by atoms with Crippen LogP contribution in [0.4, 0.5) is 10.5 Å². The molecule has 0 saturated carbocycles. The van der Waals surface area contributed by atoms with Crippen LogP contribution < -0.4 is 10.6 Å². The lowest BCUT2D eigenvalue weighted by Crippen LogP contribution is -2.44. The Hall–Kier alpha value is -1.55. The molecule has 2 fully saturated rings. The number of carbonyl (C=O) groups excluding carboxylic acids is 1. The summed E-state index contributed by atoms with van der Waals surface area (Å²) < 4.78 is 0. The van der Waals surface area contributed by atoms with Gasteiger partial charge in [0.15, 0.2) is 0 Å². The fourth-order valence-electron chi connectivity index (χ4n) is 3.34. The van der Waals surface area contributed by atoms with Crippen LogP contribution in [0.25, 0.3) is 0 Å². The number of carbonyl (C=O) groups is 1. The van der Waals surface area contributed by atoms with Crippen LogP contribution in [0.1, 0.15) is 25.7 Å². The Morgan fingerprint density at radius 2 is 1.90 bits per heavy atom. The maximum Gasteiger partial charge on any atom is 0.321 e. The van der Waals surface area contributed by atoms with Gasteiger partial charge in [-0.1, -0.05) is 18.2 Å². The highest BCUT2D eigenvalue weighted by atomic mass is 16.2. The summed E-state index contributed by atoms with van der Waals surface area (Å²) in [6.07, 6.45) is 4.86. The Morgan fingerprint density at radius 3 is 2.55 bits per heavy atom. The summed E-state index contributed by atoms with van der Waals surface area (Å²) in [5, 5.41) is 6.56. The van der Waals surface area contributed by atoms with E-state index < -0.39 is 0 Å². The molecule has 1 atom stereocenters. The molecule has 1 unspecified atom stereocenters. The maximum atomic E-state index is 12.2. The van der Waals surface area contributed by atoms with Gasteiger partial charge in [0.05, 0.1) is 0 Å². The molecule has 1 aromatic carbocycles. The molecule has 3 rings (SSSR count). The number of piperidine rings is 1. The second kappa shape index (κ2) is 6.27. The number of hydrogen-bond donors (Lipinski definition) is 2. The number of urea groups is 1. The van der Waals surface area contributed by atoms with Crippen LogP contribution in [0, 0.1) is 5.92 Å². The molecule has 2 aliphatic heterocycles. The second-order valence-electron chi connectivity index (χ2n) is 5.82. The lowest BCUT2D eigenvalue weighted by Gasteiger charge is -2.34. The Balaban J connectivity index is 1.49. The topological polar surface area (TPSA) is 44.4 Å². The van der Waals surface area contributed by atoms with Gasteiger partial charge in [0, 0.05) is 24.8 Å². The largest absolute Gasteiger partial charge is 0.325 e. The molecule has 4 nitrogen and oxygen atoms in total. The van der Waals surface area contributed by atoms with Crippen LogP contribution in [-0.2, 0) is 0 Å². The van der Waals surface area contributed by atoms with Crippen molar-refractivity contribution in [2.45, 2.75) is 31.7 Å². The number of likely N-dealkylation sites (tertiary alicyclic amines) is 1. The Kier molecular flexibility index (Phi) is 4.21. The van der Waals surface area contributed by atoms with E-state index in [9.17, 15) is 4.79 Å². The molecular weight excluding hydrogens is 250 g/mol. The first kappa shape index (κ1) is 13.4. The number of nitrogens with zero attached hydrogens (tertiary/aromatic N) is 1. The molecule has 0 bridgehead atoms. The maximum absolute atomic E-state index is 12.2. The molecular formula is C16H23N3O. The Bertz CT molecular complexity index is 434. The van der Waals surface area contributed by atoms with E-state index in [4.69, 9.17) is 0 Å². The number of benzene rings is 1. The van der Waals surface area contributed by atoms with Crippen LogP contribution in [0.3, 0.4) is 0 Å². The molecule has 2 N–H and O–H groups in total. The van der Waals surface area contributed by atoms with E-state index in [2.05, 4.69) is 10.6 Å². The highest BCUT2D eigenvalue weighted by molar-refractivity contribution is 5.89. The van der Waals surface area contributed by atoms with Crippen molar-refractivity contribution in [3.05, 3.63) is 30.3 Å². The number of para-hydroxylation sites is 1. The lowest BCUT2D eigenvalue weighted by molar-refractivity contribution is 0.170. The van der Waals surface area contributed by atoms with Crippen molar-refractivity contribution < 1.29 is 4.79 Å². The normalized spacial score (nSPS) is 23.8. The zero-order valence-corrected chi connectivity index (χ0v) is 11.8. The van der Waals surface area contributed by atoms with Crippen molar-refractivity contribution in [3.63, 3.8) is 0 Å². The van der Waals surface area contributed by atoms with E-state index in [-0.39, 0.29) is 6.03 Å². The highest BCUT2D eigenvalue weighted by Gasteiger charge is 2.29. The number of amides is 2. The molecule has 20 heavy (non-hydrogen) atoms. The van der Waals surface area contributed by atoms with Crippen LogP contribution in [0.2, 0.25) is 0 Å². The smallest absolute Gasteiger partial charge is 0.321 e. The van der Waals surface area contributed by atoms with Gasteiger partial charge in [-0.25, -0.2) is 4.79 Å². The summed E-state index contributed by atoms with van der Waals surface area (Å²) in [6.45, 7) is 2.92. The Morgan fingerprint density at radius 1 is 1.15 bits per heavy atom. The van der Waals surface area contributed by atoms with E-state index in [1.54, 1.807) is 0 Å². The van der Waals surface area contributed by atoms with Crippen LogP contribution >= 0.6 is 0 Å². The van der Waals surface area contributed by atoms with E-state index in [0.29, 0.717) is 6.04 Å². The van der Waals surface area contributed by atoms with Gasteiger partial charge in [0.2, 0.25) is 0 Å². The van der Waals surface area contributed by atoms with Crippen molar-refractivity contribution in [2.75, 3.05) is 25.0 Å². The number of rotatable bonds is 2. The van der Waals surface area contributed by atoms with Crippen molar-refractivity contribution >= 4 is 11.7 Å². The summed E-state index contributed by atoms with van der Waals surface area (Å²) in [4.78, 5) is 14.1. The molecule has 0 aromatic heterocycles. The van der Waals surface area contributed by atoms with Gasteiger partial charge in [-0.15, -0.1) is 0 Å². The first-order valence-corrected chi connectivity index (χ1v) is 7.67. The summed E-state index contributed by atoms with van der Waals surface area (Å²) >= 11 is 0. The third kappa shape index (κ3) is 3.12. The second-order valence-corrected chi connectivity index (χ2v) is 5.82. The summed E-state index contributed by atoms with van der Waals surface area (Å²) in [5.41, 5.74) is 0.872. The first-order chi connectivity index (χ1) is 9.83. The zero-order valence-electron chi connectivity index (χ0n) is 11.8. The lowest BCUT2D eigenvalue weighted by atomic mass is 9.89. The minimum Gasteiger partial charge on any atom is -0.325 e. The molecule has 4 heteroatoms. The molecule has 1 aromatic rings.